The average Bonchev–Trinajstić information content (AvgIpc) is 3.35. The first-order valence-corrected chi connectivity index (χ1v) is 11.3. The van der Waals surface area contributed by atoms with Gasteiger partial charge in [0.15, 0.2) is 0 Å². The van der Waals surface area contributed by atoms with Gasteiger partial charge >= 0.3 is 0 Å². The van der Waals surface area contributed by atoms with Crippen LogP contribution in [0.2, 0.25) is 5.02 Å². The van der Waals surface area contributed by atoms with Crippen molar-refractivity contribution in [1.82, 2.24) is 14.5 Å². The fraction of sp³-hybridized carbons (Fsp3) is 0.417. The molecule has 2 aliphatic heterocycles. The van der Waals surface area contributed by atoms with Gasteiger partial charge < -0.3 is 14.2 Å². The molecule has 2 fully saturated rings. The maximum absolute atomic E-state index is 12.9. The third-order valence-corrected chi connectivity index (χ3v) is 6.79. The van der Waals surface area contributed by atoms with E-state index in [9.17, 15) is 4.79 Å². The first kappa shape index (κ1) is 20.5. The fourth-order valence-corrected chi connectivity index (χ4v) is 4.76. The highest BCUT2D eigenvalue weighted by Crippen LogP contribution is 2.34. The lowest BCUT2D eigenvalue weighted by atomic mass is 10.1. The summed E-state index contributed by atoms with van der Waals surface area (Å²) in [5.41, 5.74) is 4.00. The van der Waals surface area contributed by atoms with Gasteiger partial charge in [-0.15, -0.1) is 0 Å². The summed E-state index contributed by atoms with van der Waals surface area (Å²) in [5, 5.41) is 0.687. The van der Waals surface area contributed by atoms with E-state index in [1.165, 1.54) is 0 Å². The standard InChI is InChI=1S/C24H27ClN4O2/c1-17-6-7-19(15-20(17)25)29-16-18(14-23(29)30)24-26-21-4-2-3-5-22(21)28(24)9-8-27-10-12-31-13-11-27/h2-7,15,18H,8-14,16H2,1H3/t18-/m0/s1. The zero-order valence-corrected chi connectivity index (χ0v) is 18.5. The first-order valence-electron chi connectivity index (χ1n) is 10.9. The predicted octanol–water partition coefficient (Wildman–Crippen LogP) is 3.85. The van der Waals surface area contributed by atoms with Crippen LogP contribution in [-0.2, 0) is 16.1 Å². The van der Waals surface area contributed by atoms with Gasteiger partial charge in [-0.3, -0.25) is 9.69 Å². The van der Waals surface area contributed by atoms with Gasteiger partial charge in [0.05, 0.1) is 24.2 Å². The summed E-state index contributed by atoms with van der Waals surface area (Å²) in [7, 11) is 0. The van der Waals surface area contributed by atoms with E-state index in [1.54, 1.807) is 0 Å². The highest BCUT2D eigenvalue weighted by Gasteiger charge is 2.35. The molecule has 1 amide bonds. The number of ether oxygens (including phenoxy) is 1. The zero-order valence-electron chi connectivity index (χ0n) is 17.8. The number of hydrogen-bond acceptors (Lipinski definition) is 4. The lowest BCUT2D eigenvalue weighted by Crippen LogP contribution is -2.38. The molecule has 0 spiro atoms. The molecule has 6 nitrogen and oxygen atoms in total. The number of para-hydroxylation sites is 2. The normalized spacial score (nSPS) is 20.1. The number of imidazole rings is 1. The van der Waals surface area contributed by atoms with E-state index in [0.29, 0.717) is 18.0 Å². The molecule has 0 bridgehead atoms. The number of amides is 1. The Bertz CT molecular complexity index is 1110. The van der Waals surface area contributed by atoms with Crippen LogP contribution in [0, 0.1) is 6.92 Å². The molecule has 5 rings (SSSR count). The van der Waals surface area contributed by atoms with Crippen LogP contribution < -0.4 is 4.90 Å². The number of hydrogen-bond donors (Lipinski definition) is 0. The minimum Gasteiger partial charge on any atom is -0.379 e. The Balaban J connectivity index is 1.42. The Kier molecular flexibility index (Phi) is 5.69. The molecule has 7 heteroatoms. The Hall–Kier alpha value is -2.41. The largest absolute Gasteiger partial charge is 0.379 e. The van der Waals surface area contributed by atoms with Gasteiger partial charge in [0.2, 0.25) is 5.91 Å². The maximum atomic E-state index is 12.9. The summed E-state index contributed by atoms with van der Waals surface area (Å²) in [6.07, 6.45) is 0.465. The van der Waals surface area contributed by atoms with Crippen LogP contribution in [0.5, 0.6) is 0 Å². The van der Waals surface area contributed by atoms with Crippen molar-refractivity contribution in [3.05, 3.63) is 58.9 Å². The number of rotatable bonds is 5. The highest BCUT2D eigenvalue weighted by atomic mass is 35.5. The number of carbonyl (C=O) groups is 1. The van der Waals surface area contributed by atoms with Crippen molar-refractivity contribution in [3.8, 4) is 0 Å². The third-order valence-electron chi connectivity index (χ3n) is 6.38. The van der Waals surface area contributed by atoms with E-state index in [0.717, 1.165) is 67.5 Å². The van der Waals surface area contributed by atoms with Crippen LogP contribution in [0.3, 0.4) is 0 Å². The van der Waals surface area contributed by atoms with Crippen molar-refractivity contribution in [2.24, 2.45) is 0 Å². The predicted molar refractivity (Wildman–Crippen MR) is 123 cm³/mol. The van der Waals surface area contributed by atoms with Crippen molar-refractivity contribution in [3.63, 3.8) is 0 Å². The lowest BCUT2D eigenvalue weighted by Gasteiger charge is -2.27. The molecular weight excluding hydrogens is 412 g/mol. The summed E-state index contributed by atoms with van der Waals surface area (Å²) >= 11 is 6.32. The SMILES string of the molecule is Cc1ccc(N2C[C@@H](c3nc4ccccc4n3CCN3CCOCC3)CC2=O)cc1Cl. The quantitative estimate of drug-likeness (QED) is 0.607. The van der Waals surface area contributed by atoms with Crippen LogP contribution in [-0.4, -0.2) is 59.8 Å². The number of benzene rings is 2. The molecule has 2 saturated heterocycles. The maximum Gasteiger partial charge on any atom is 0.227 e. The minimum absolute atomic E-state index is 0.0599. The smallest absolute Gasteiger partial charge is 0.227 e. The van der Waals surface area contributed by atoms with Crippen LogP contribution in [0.1, 0.15) is 23.7 Å². The molecule has 1 atom stereocenters. The fourth-order valence-electron chi connectivity index (χ4n) is 4.59. The van der Waals surface area contributed by atoms with Gasteiger partial charge in [-0.25, -0.2) is 4.98 Å². The summed E-state index contributed by atoms with van der Waals surface area (Å²) < 4.78 is 7.79. The molecule has 0 N–H and O–H groups in total. The number of anilines is 1. The Labute approximate surface area is 187 Å². The topological polar surface area (TPSA) is 50.6 Å². The monoisotopic (exact) mass is 438 g/mol. The number of carbonyl (C=O) groups excluding carboxylic acids is 1. The van der Waals surface area contributed by atoms with Crippen molar-refractivity contribution >= 4 is 34.2 Å². The number of halogens is 1. The Morgan fingerprint density at radius 1 is 1.13 bits per heavy atom. The second-order valence-corrected chi connectivity index (χ2v) is 8.81. The van der Waals surface area contributed by atoms with E-state index < -0.39 is 0 Å². The molecule has 1 aromatic heterocycles. The van der Waals surface area contributed by atoms with Crippen LogP contribution in [0.25, 0.3) is 11.0 Å². The molecule has 3 aromatic rings. The molecule has 162 valence electrons. The van der Waals surface area contributed by atoms with Crippen molar-refractivity contribution in [2.75, 3.05) is 44.3 Å². The Morgan fingerprint density at radius 3 is 2.74 bits per heavy atom. The number of morpholine rings is 1. The molecule has 0 aliphatic carbocycles. The lowest BCUT2D eigenvalue weighted by molar-refractivity contribution is -0.117. The van der Waals surface area contributed by atoms with Crippen LogP contribution in [0.15, 0.2) is 42.5 Å². The number of aromatic nitrogens is 2. The second-order valence-electron chi connectivity index (χ2n) is 8.40. The van der Waals surface area contributed by atoms with E-state index >= 15 is 0 Å². The molecule has 3 heterocycles. The van der Waals surface area contributed by atoms with E-state index in [-0.39, 0.29) is 11.8 Å². The zero-order chi connectivity index (χ0) is 21.4. The third kappa shape index (κ3) is 4.07. The summed E-state index contributed by atoms with van der Waals surface area (Å²) in [4.78, 5) is 22.2. The first-order chi connectivity index (χ1) is 15.1. The second kappa shape index (κ2) is 8.61. The Morgan fingerprint density at radius 2 is 1.94 bits per heavy atom. The van der Waals surface area contributed by atoms with Crippen molar-refractivity contribution < 1.29 is 9.53 Å². The summed E-state index contributed by atoms with van der Waals surface area (Å²) in [6, 6.07) is 14.1. The van der Waals surface area contributed by atoms with E-state index in [4.69, 9.17) is 21.3 Å². The van der Waals surface area contributed by atoms with Gasteiger partial charge in [0.1, 0.15) is 5.82 Å². The van der Waals surface area contributed by atoms with Gasteiger partial charge in [-0.05, 0) is 36.8 Å². The number of fused-ring (bicyclic) bond motifs is 1. The van der Waals surface area contributed by atoms with Gasteiger partial charge in [0.25, 0.3) is 0 Å². The molecular formula is C24H27ClN4O2. The van der Waals surface area contributed by atoms with Crippen molar-refractivity contribution in [2.45, 2.75) is 25.8 Å². The van der Waals surface area contributed by atoms with Crippen molar-refractivity contribution in [1.29, 1.82) is 0 Å². The highest BCUT2D eigenvalue weighted by molar-refractivity contribution is 6.31. The molecule has 0 radical (unpaired) electrons. The number of aryl methyl sites for hydroxylation is 1. The van der Waals surface area contributed by atoms with Crippen LogP contribution in [0.4, 0.5) is 5.69 Å². The number of nitrogens with zero attached hydrogens (tertiary/aromatic N) is 4. The molecule has 2 aromatic carbocycles. The molecule has 0 unspecified atom stereocenters. The summed E-state index contributed by atoms with van der Waals surface area (Å²) in [6.45, 7) is 7.92. The molecule has 31 heavy (non-hydrogen) atoms. The van der Waals surface area contributed by atoms with E-state index in [2.05, 4.69) is 27.7 Å². The molecule has 2 aliphatic rings. The van der Waals surface area contributed by atoms with Crippen LogP contribution >= 0.6 is 11.6 Å². The van der Waals surface area contributed by atoms with Gasteiger partial charge in [-0.2, -0.15) is 0 Å². The van der Waals surface area contributed by atoms with E-state index in [1.807, 2.05) is 36.1 Å². The van der Waals surface area contributed by atoms with Gasteiger partial charge in [-0.1, -0.05) is 29.8 Å². The summed E-state index contributed by atoms with van der Waals surface area (Å²) in [5.74, 6) is 1.19. The molecule has 0 saturated carbocycles. The average molecular weight is 439 g/mol. The minimum atomic E-state index is 0.0599. The van der Waals surface area contributed by atoms with Gasteiger partial charge in [0, 0.05) is 55.8 Å².